The highest BCUT2D eigenvalue weighted by Crippen LogP contribution is 2.25. The number of nitrogens with zero attached hydrogens (tertiary/aromatic N) is 1. The Bertz CT molecular complexity index is 803. The summed E-state index contributed by atoms with van der Waals surface area (Å²) in [5, 5.41) is 0. The van der Waals surface area contributed by atoms with Crippen LogP contribution in [-0.4, -0.2) is 36.8 Å². The van der Waals surface area contributed by atoms with Crippen LogP contribution in [-0.2, 0) is 0 Å². The van der Waals surface area contributed by atoms with Gasteiger partial charge in [0.05, 0.1) is 7.11 Å². The van der Waals surface area contributed by atoms with Crippen LogP contribution in [0.5, 0.6) is 5.75 Å². The Kier molecular flexibility index (Phi) is 5.40. The van der Waals surface area contributed by atoms with Gasteiger partial charge in [-0.25, -0.2) is 0 Å². The lowest BCUT2D eigenvalue weighted by Gasteiger charge is -2.32. The number of benzene rings is 2. The van der Waals surface area contributed by atoms with Gasteiger partial charge in [-0.15, -0.1) is 0 Å². The molecule has 4 heteroatoms. The second-order valence-corrected chi connectivity index (χ2v) is 6.91. The molecule has 0 spiro atoms. The van der Waals surface area contributed by atoms with Crippen molar-refractivity contribution in [3.63, 3.8) is 0 Å². The lowest BCUT2D eigenvalue weighted by molar-refractivity contribution is 0.0649. The van der Waals surface area contributed by atoms with Gasteiger partial charge in [-0.1, -0.05) is 12.1 Å². The summed E-state index contributed by atoms with van der Waals surface area (Å²) in [4.78, 5) is 27.4. The number of methoxy groups -OCH3 is 1. The monoisotopic (exact) mass is 351 g/mol. The van der Waals surface area contributed by atoms with E-state index in [9.17, 15) is 9.59 Å². The molecule has 4 nitrogen and oxygen atoms in total. The molecule has 136 valence electrons. The van der Waals surface area contributed by atoms with E-state index >= 15 is 0 Å². The number of hydrogen-bond acceptors (Lipinski definition) is 3. The van der Waals surface area contributed by atoms with Crippen LogP contribution in [0.1, 0.15) is 44.7 Å². The normalized spacial score (nSPS) is 15.0. The summed E-state index contributed by atoms with van der Waals surface area (Å²) in [6.45, 7) is 5.26. The Balaban J connectivity index is 1.64. The Morgan fingerprint density at radius 3 is 2.27 bits per heavy atom. The van der Waals surface area contributed by atoms with Crippen molar-refractivity contribution < 1.29 is 14.3 Å². The Hall–Kier alpha value is -2.62. The van der Waals surface area contributed by atoms with Crippen molar-refractivity contribution in [1.29, 1.82) is 0 Å². The third-order valence-corrected chi connectivity index (χ3v) is 5.36. The minimum absolute atomic E-state index is 0.0222. The first-order chi connectivity index (χ1) is 12.5. The molecule has 0 saturated carbocycles. The third-order valence-electron chi connectivity index (χ3n) is 5.36. The average Bonchev–Trinajstić information content (AvgIpc) is 2.69. The van der Waals surface area contributed by atoms with E-state index in [-0.39, 0.29) is 17.6 Å². The molecule has 0 N–H and O–H groups in total. The molecule has 1 amide bonds. The largest absolute Gasteiger partial charge is 0.497 e. The highest BCUT2D eigenvalue weighted by atomic mass is 16.5. The number of ketones is 1. The molecular weight excluding hydrogens is 326 g/mol. The molecule has 0 aliphatic carbocycles. The maximum atomic E-state index is 12.8. The van der Waals surface area contributed by atoms with Gasteiger partial charge in [0.2, 0.25) is 0 Å². The maximum absolute atomic E-state index is 12.8. The number of rotatable bonds is 4. The first-order valence-electron chi connectivity index (χ1n) is 9.05. The van der Waals surface area contributed by atoms with Crippen molar-refractivity contribution in [1.82, 2.24) is 4.90 Å². The molecule has 1 aliphatic heterocycles. The van der Waals surface area contributed by atoms with Crippen molar-refractivity contribution in [3.8, 4) is 5.75 Å². The van der Waals surface area contributed by atoms with E-state index in [1.165, 1.54) is 0 Å². The van der Waals surface area contributed by atoms with E-state index in [0.29, 0.717) is 31.5 Å². The number of aryl methyl sites for hydroxylation is 1. The third kappa shape index (κ3) is 3.64. The number of amides is 1. The highest BCUT2D eigenvalue weighted by Gasteiger charge is 2.29. The van der Waals surface area contributed by atoms with Crippen LogP contribution in [0.4, 0.5) is 0 Å². The number of ether oxygens (including phenoxy) is 1. The number of piperidine rings is 1. The molecule has 0 unspecified atom stereocenters. The number of carbonyl (C=O) groups excluding carboxylic acids is 2. The highest BCUT2D eigenvalue weighted by molar-refractivity contribution is 5.99. The van der Waals surface area contributed by atoms with Gasteiger partial charge in [-0.3, -0.25) is 9.59 Å². The van der Waals surface area contributed by atoms with Crippen LogP contribution < -0.4 is 4.74 Å². The van der Waals surface area contributed by atoms with Crippen LogP contribution >= 0.6 is 0 Å². The van der Waals surface area contributed by atoms with E-state index in [2.05, 4.69) is 0 Å². The zero-order chi connectivity index (χ0) is 18.7. The average molecular weight is 351 g/mol. The van der Waals surface area contributed by atoms with Gasteiger partial charge in [0, 0.05) is 30.1 Å². The quantitative estimate of drug-likeness (QED) is 0.781. The molecule has 0 atom stereocenters. The molecule has 1 aliphatic rings. The van der Waals surface area contributed by atoms with Crippen LogP contribution in [0, 0.1) is 19.8 Å². The second-order valence-electron chi connectivity index (χ2n) is 6.91. The minimum Gasteiger partial charge on any atom is -0.497 e. The lowest BCUT2D eigenvalue weighted by atomic mass is 9.88. The van der Waals surface area contributed by atoms with E-state index in [1.807, 2.05) is 61.2 Å². The van der Waals surface area contributed by atoms with Gasteiger partial charge in [0.25, 0.3) is 5.91 Å². The van der Waals surface area contributed by atoms with Gasteiger partial charge in [-0.05, 0) is 68.1 Å². The SMILES string of the molecule is COc1ccc(C(=O)C2CCN(C(=O)c3cccc(C)c3C)CC2)cc1. The van der Waals surface area contributed by atoms with Crippen LogP contribution in [0.25, 0.3) is 0 Å². The van der Waals surface area contributed by atoms with Gasteiger partial charge in [-0.2, -0.15) is 0 Å². The predicted octanol–water partition coefficient (Wildman–Crippen LogP) is 4.05. The summed E-state index contributed by atoms with van der Waals surface area (Å²) in [6.07, 6.45) is 1.42. The summed E-state index contributed by atoms with van der Waals surface area (Å²) in [5.41, 5.74) is 3.64. The van der Waals surface area contributed by atoms with Gasteiger partial charge in [0.1, 0.15) is 5.75 Å². The molecule has 1 saturated heterocycles. The first kappa shape index (κ1) is 18.2. The molecule has 0 aromatic heterocycles. The number of likely N-dealkylation sites (tertiary alicyclic amines) is 1. The van der Waals surface area contributed by atoms with Crippen molar-refractivity contribution in [2.45, 2.75) is 26.7 Å². The van der Waals surface area contributed by atoms with Crippen LogP contribution in [0.15, 0.2) is 42.5 Å². The fourth-order valence-corrected chi connectivity index (χ4v) is 3.49. The minimum atomic E-state index is -0.0222. The summed E-state index contributed by atoms with van der Waals surface area (Å²) < 4.78 is 5.14. The van der Waals surface area contributed by atoms with Crippen LogP contribution in [0.3, 0.4) is 0 Å². The van der Waals surface area contributed by atoms with Gasteiger partial charge in [0.15, 0.2) is 5.78 Å². The maximum Gasteiger partial charge on any atom is 0.254 e. The van der Waals surface area contributed by atoms with Crippen molar-refractivity contribution in [3.05, 3.63) is 64.7 Å². The second kappa shape index (κ2) is 7.73. The zero-order valence-electron chi connectivity index (χ0n) is 15.6. The summed E-state index contributed by atoms with van der Waals surface area (Å²) in [5.74, 6) is 0.953. The number of carbonyl (C=O) groups is 2. The Morgan fingerprint density at radius 1 is 1.00 bits per heavy atom. The molecule has 0 bridgehead atoms. The molecule has 26 heavy (non-hydrogen) atoms. The van der Waals surface area contributed by atoms with Crippen molar-refractivity contribution in [2.75, 3.05) is 20.2 Å². The number of Topliss-reactive ketones (excluding diaryl/α,β-unsaturated/α-hetero) is 1. The fraction of sp³-hybridized carbons (Fsp3) is 0.364. The first-order valence-corrected chi connectivity index (χ1v) is 9.05. The number of hydrogen-bond donors (Lipinski definition) is 0. The molecule has 2 aromatic rings. The summed E-state index contributed by atoms with van der Waals surface area (Å²) in [6, 6.07) is 13.1. The summed E-state index contributed by atoms with van der Waals surface area (Å²) in [7, 11) is 1.61. The molecule has 0 radical (unpaired) electrons. The molecule has 1 heterocycles. The van der Waals surface area contributed by atoms with E-state index < -0.39 is 0 Å². The van der Waals surface area contributed by atoms with E-state index in [4.69, 9.17) is 4.74 Å². The molecule has 2 aromatic carbocycles. The summed E-state index contributed by atoms with van der Waals surface area (Å²) >= 11 is 0. The smallest absolute Gasteiger partial charge is 0.254 e. The Morgan fingerprint density at radius 2 is 1.65 bits per heavy atom. The van der Waals surface area contributed by atoms with Gasteiger partial charge < -0.3 is 9.64 Å². The zero-order valence-corrected chi connectivity index (χ0v) is 15.6. The van der Waals surface area contributed by atoms with Crippen molar-refractivity contribution in [2.24, 2.45) is 5.92 Å². The molecule has 1 fully saturated rings. The molecule has 3 rings (SSSR count). The predicted molar refractivity (Wildman–Crippen MR) is 102 cm³/mol. The van der Waals surface area contributed by atoms with E-state index in [1.54, 1.807) is 7.11 Å². The van der Waals surface area contributed by atoms with E-state index in [0.717, 1.165) is 22.4 Å². The topological polar surface area (TPSA) is 46.6 Å². The van der Waals surface area contributed by atoms with Crippen LogP contribution in [0.2, 0.25) is 0 Å². The Labute approximate surface area is 154 Å². The lowest BCUT2D eigenvalue weighted by Crippen LogP contribution is -2.40. The van der Waals surface area contributed by atoms with Gasteiger partial charge >= 0.3 is 0 Å². The molecular formula is C22H25NO3. The van der Waals surface area contributed by atoms with Crippen molar-refractivity contribution >= 4 is 11.7 Å². The fourth-order valence-electron chi connectivity index (χ4n) is 3.49. The standard InChI is InChI=1S/C22H25NO3/c1-15-5-4-6-20(16(15)2)22(25)23-13-11-18(12-14-23)21(24)17-7-9-19(26-3)10-8-17/h4-10,18H,11-14H2,1-3H3.